The Bertz CT molecular complexity index is 634. The van der Waals surface area contributed by atoms with Crippen LogP contribution in [0.25, 0.3) is 0 Å². The van der Waals surface area contributed by atoms with Crippen LogP contribution in [0.2, 0.25) is 0 Å². The van der Waals surface area contributed by atoms with Gasteiger partial charge in [0.1, 0.15) is 11.6 Å². The molecule has 0 heterocycles. The van der Waals surface area contributed by atoms with Crippen molar-refractivity contribution >= 4 is 15.9 Å². The van der Waals surface area contributed by atoms with Gasteiger partial charge < -0.3 is 4.74 Å². The van der Waals surface area contributed by atoms with Crippen LogP contribution in [0.4, 0.5) is 4.39 Å². The van der Waals surface area contributed by atoms with Gasteiger partial charge in [-0.3, -0.25) is 11.3 Å². The monoisotopic (exact) mass is 352 g/mol. The molecule has 0 radical (unpaired) electrons. The molecule has 0 bridgehead atoms. The van der Waals surface area contributed by atoms with Crippen molar-refractivity contribution < 1.29 is 9.13 Å². The van der Waals surface area contributed by atoms with Crippen LogP contribution in [-0.4, -0.2) is 7.11 Å². The highest BCUT2D eigenvalue weighted by Gasteiger charge is 2.14. The lowest BCUT2D eigenvalue weighted by molar-refractivity contribution is 0.411. The van der Waals surface area contributed by atoms with Gasteiger partial charge in [0, 0.05) is 0 Å². The minimum atomic E-state index is -0.234. The molecule has 21 heavy (non-hydrogen) atoms. The fraction of sp³-hybridized carbons (Fsp3) is 0.250. The molecular formula is C16H18BrFN2O. The molecule has 0 aromatic heterocycles. The van der Waals surface area contributed by atoms with Crippen molar-refractivity contribution in [3.05, 3.63) is 63.4 Å². The van der Waals surface area contributed by atoms with Gasteiger partial charge in [0.15, 0.2) is 0 Å². The van der Waals surface area contributed by atoms with Gasteiger partial charge in [-0.2, -0.15) is 0 Å². The van der Waals surface area contributed by atoms with E-state index in [1.165, 1.54) is 6.07 Å². The predicted octanol–water partition coefficient (Wildman–Crippen LogP) is 3.65. The van der Waals surface area contributed by atoms with E-state index in [1.54, 1.807) is 19.2 Å². The minimum Gasteiger partial charge on any atom is -0.496 e. The third-order valence-electron chi connectivity index (χ3n) is 3.51. The Morgan fingerprint density at radius 2 is 2.05 bits per heavy atom. The number of methoxy groups -OCH3 is 1. The SMILES string of the molecule is COc1ccc(C(Cc2cc(F)ccc2C)NN)cc1Br. The summed E-state index contributed by atoms with van der Waals surface area (Å²) in [5.41, 5.74) is 5.78. The van der Waals surface area contributed by atoms with Crippen LogP contribution < -0.4 is 16.0 Å². The number of nitrogens with one attached hydrogen (secondary N) is 1. The molecule has 1 atom stereocenters. The molecule has 5 heteroatoms. The third-order valence-corrected chi connectivity index (χ3v) is 4.13. The average Bonchev–Trinajstić information content (AvgIpc) is 2.48. The van der Waals surface area contributed by atoms with Crippen molar-refractivity contribution in [1.82, 2.24) is 5.43 Å². The molecule has 0 spiro atoms. The standard InChI is InChI=1S/C16H18BrFN2O/c1-10-3-5-13(18)7-12(10)9-15(20-19)11-4-6-16(21-2)14(17)8-11/h3-8,15,20H,9,19H2,1-2H3. The molecule has 3 nitrogen and oxygen atoms in total. The van der Waals surface area contributed by atoms with Crippen LogP contribution in [0.3, 0.4) is 0 Å². The lowest BCUT2D eigenvalue weighted by atomic mass is 9.96. The van der Waals surface area contributed by atoms with E-state index in [0.717, 1.165) is 26.9 Å². The van der Waals surface area contributed by atoms with Crippen LogP contribution in [0.5, 0.6) is 5.75 Å². The zero-order valence-corrected chi connectivity index (χ0v) is 13.6. The summed E-state index contributed by atoms with van der Waals surface area (Å²) in [6.07, 6.45) is 0.610. The second-order valence-electron chi connectivity index (χ2n) is 4.89. The van der Waals surface area contributed by atoms with Gasteiger partial charge in [-0.1, -0.05) is 12.1 Å². The molecule has 2 rings (SSSR count). The van der Waals surface area contributed by atoms with Gasteiger partial charge in [0.05, 0.1) is 17.6 Å². The van der Waals surface area contributed by atoms with Crippen LogP contribution in [0.1, 0.15) is 22.7 Å². The van der Waals surface area contributed by atoms with Gasteiger partial charge in [0.25, 0.3) is 0 Å². The molecule has 2 aromatic rings. The fourth-order valence-electron chi connectivity index (χ4n) is 2.25. The lowest BCUT2D eigenvalue weighted by Crippen LogP contribution is -2.29. The van der Waals surface area contributed by atoms with Crippen molar-refractivity contribution in [1.29, 1.82) is 0 Å². The molecule has 0 aliphatic heterocycles. The van der Waals surface area contributed by atoms with E-state index in [2.05, 4.69) is 21.4 Å². The quantitative estimate of drug-likeness (QED) is 0.637. The Labute approximate surface area is 132 Å². The highest BCUT2D eigenvalue weighted by Crippen LogP contribution is 2.29. The second kappa shape index (κ2) is 7.02. The number of rotatable bonds is 5. The van der Waals surface area contributed by atoms with Gasteiger partial charge in [-0.15, -0.1) is 0 Å². The predicted molar refractivity (Wildman–Crippen MR) is 85.6 cm³/mol. The zero-order chi connectivity index (χ0) is 15.4. The van der Waals surface area contributed by atoms with Crippen molar-refractivity contribution in [3.63, 3.8) is 0 Å². The fourth-order valence-corrected chi connectivity index (χ4v) is 2.81. The summed E-state index contributed by atoms with van der Waals surface area (Å²) in [5.74, 6) is 6.20. The summed E-state index contributed by atoms with van der Waals surface area (Å²) >= 11 is 3.46. The molecule has 0 saturated heterocycles. The number of aryl methyl sites for hydroxylation is 1. The van der Waals surface area contributed by atoms with Crippen LogP contribution in [-0.2, 0) is 6.42 Å². The van der Waals surface area contributed by atoms with Crippen molar-refractivity contribution in [2.45, 2.75) is 19.4 Å². The summed E-state index contributed by atoms with van der Waals surface area (Å²) in [7, 11) is 1.62. The first-order chi connectivity index (χ1) is 10.0. The molecule has 0 amide bonds. The van der Waals surface area contributed by atoms with Gasteiger partial charge in [-0.05, 0) is 70.2 Å². The maximum absolute atomic E-state index is 13.4. The molecule has 0 aliphatic carbocycles. The number of nitrogens with two attached hydrogens (primary N) is 1. The molecule has 2 aromatic carbocycles. The first-order valence-electron chi connectivity index (χ1n) is 6.59. The molecule has 0 saturated carbocycles. The zero-order valence-electron chi connectivity index (χ0n) is 12.0. The van der Waals surface area contributed by atoms with E-state index in [0.29, 0.717) is 6.42 Å². The summed E-state index contributed by atoms with van der Waals surface area (Å²) < 4.78 is 19.5. The summed E-state index contributed by atoms with van der Waals surface area (Å²) in [5, 5.41) is 0. The first kappa shape index (κ1) is 15.9. The second-order valence-corrected chi connectivity index (χ2v) is 5.74. The van der Waals surface area contributed by atoms with E-state index in [-0.39, 0.29) is 11.9 Å². The van der Waals surface area contributed by atoms with Crippen LogP contribution in [0.15, 0.2) is 40.9 Å². The Kier molecular flexibility index (Phi) is 5.33. The number of ether oxygens (including phenoxy) is 1. The first-order valence-corrected chi connectivity index (χ1v) is 7.39. The smallest absolute Gasteiger partial charge is 0.133 e. The topological polar surface area (TPSA) is 47.3 Å². The molecule has 1 unspecified atom stereocenters. The third kappa shape index (κ3) is 3.81. The average molecular weight is 353 g/mol. The van der Waals surface area contributed by atoms with Crippen LogP contribution in [0, 0.1) is 12.7 Å². The van der Waals surface area contributed by atoms with Crippen molar-refractivity contribution in [3.8, 4) is 5.75 Å². The Hall–Kier alpha value is -1.43. The molecule has 3 N–H and O–H groups in total. The van der Waals surface area contributed by atoms with Crippen molar-refractivity contribution in [2.75, 3.05) is 7.11 Å². The van der Waals surface area contributed by atoms with Gasteiger partial charge in [0.2, 0.25) is 0 Å². The molecule has 0 fully saturated rings. The number of benzene rings is 2. The highest BCUT2D eigenvalue weighted by atomic mass is 79.9. The maximum atomic E-state index is 13.4. The van der Waals surface area contributed by atoms with E-state index >= 15 is 0 Å². The Balaban J connectivity index is 2.27. The number of hydrogen-bond donors (Lipinski definition) is 2. The van der Waals surface area contributed by atoms with Crippen molar-refractivity contribution in [2.24, 2.45) is 5.84 Å². The number of halogens is 2. The Morgan fingerprint density at radius 1 is 1.29 bits per heavy atom. The largest absolute Gasteiger partial charge is 0.496 e. The number of hydrazine groups is 1. The van der Waals surface area contributed by atoms with Crippen LogP contribution >= 0.6 is 15.9 Å². The lowest BCUT2D eigenvalue weighted by Gasteiger charge is -2.19. The van der Waals surface area contributed by atoms with E-state index in [1.807, 2.05) is 25.1 Å². The van der Waals surface area contributed by atoms with E-state index < -0.39 is 0 Å². The van der Waals surface area contributed by atoms with Gasteiger partial charge >= 0.3 is 0 Å². The minimum absolute atomic E-state index is 0.104. The Morgan fingerprint density at radius 3 is 2.67 bits per heavy atom. The summed E-state index contributed by atoms with van der Waals surface area (Å²) in [6.45, 7) is 1.96. The summed E-state index contributed by atoms with van der Waals surface area (Å²) in [4.78, 5) is 0. The number of hydrogen-bond acceptors (Lipinski definition) is 3. The molecule has 112 valence electrons. The maximum Gasteiger partial charge on any atom is 0.133 e. The van der Waals surface area contributed by atoms with Gasteiger partial charge in [-0.25, -0.2) is 4.39 Å². The summed E-state index contributed by atoms with van der Waals surface area (Å²) in [6, 6.07) is 10.5. The van der Waals surface area contributed by atoms with E-state index in [4.69, 9.17) is 10.6 Å². The van der Waals surface area contributed by atoms with E-state index in [9.17, 15) is 4.39 Å². The normalized spacial score (nSPS) is 12.2. The molecular weight excluding hydrogens is 335 g/mol. The molecule has 0 aliphatic rings. The highest BCUT2D eigenvalue weighted by molar-refractivity contribution is 9.10.